The summed E-state index contributed by atoms with van der Waals surface area (Å²) in [6, 6.07) is 8.61. The SMILES string of the molecule is O=C1Nc2cc(Sc3ccc(Cl)c(Cl)c3)c(Cl)cc2C1O. The number of halogens is 3. The van der Waals surface area contributed by atoms with Gasteiger partial charge >= 0.3 is 0 Å². The minimum Gasteiger partial charge on any atom is -0.378 e. The molecule has 1 heterocycles. The van der Waals surface area contributed by atoms with Crippen LogP contribution in [0.1, 0.15) is 11.7 Å². The van der Waals surface area contributed by atoms with E-state index in [9.17, 15) is 9.90 Å². The van der Waals surface area contributed by atoms with Crippen molar-refractivity contribution in [1.82, 2.24) is 0 Å². The topological polar surface area (TPSA) is 49.3 Å². The lowest BCUT2D eigenvalue weighted by molar-refractivity contribution is -0.123. The van der Waals surface area contributed by atoms with Crippen molar-refractivity contribution in [3.63, 3.8) is 0 Å². The summed E-state index contributed by atoms with van der Waals surface area (Å²) in [7, 11) is 0. The summed E-state index contributed by atoms with van der Waals surface area (Å²) < 4.78 is 0. The third-order valence-electron chi connectivity index (χ3n) is 3.02. The zero-order chi connectivity index (χ0) is 15.1. The molecule has 2 N–H and O–H groups in total. The number of aliphatic hydroxyl groups excluding tert-OH is 1. The van der Waals surface area contributed by atoms with Gasteiger partial charge in [0.1, 0.15) is 0 Å². The van der Waals surface area contributed by atoms with Crippen LogP contribution in [0, 0.1) is 0 Å². The minimum atomic E-state index is -1.17. The van der Waals surface area contributed by atoms with Crippen LogP contribution in [-0.2, 0) is 4.79 Å². The monoisotopic (exact) mass is 359 g/mol. The van der Waals surface area contributed by atoms with Gasteiger partial charge in [-0.05, 0) is 30.3 Å². The second-order valence-electron chi connectivity index (χ2n) is 4.44. The standard InChI is InChI=1S/C14H8Cl3NO2S/c15-8-2-1-6(3-9(8)16)21-12-5-11-7(4-10(12)17)13(19)14(20)18-11/h1-5,13,19H,(H,18,20). The zero-order valence-corrected chi connectivity index (χ0v) is 13.4. The summed E-state index contributed by atoms with van der Waals surface area (Å²) in [5.74, 6) is -0.447. The minimum absolute atomic E-state index is 0.447. The highest BCUT2D eigenvalue weighted by atomic mass is 35.5. The van der Waals surface area contributed by atoms with Crippen LogP contribution in [0.3, 0.4) is 0 Å². The molecular formula is C14H8Cl3NO2S. The van der Waals surface area contributed by atoms with Gasteiger partial charge in [0.25, 0.3) is 5.91 Å². The van der Waals surface area contributed by atoms with E-state index in [2.05, 4.69) is 5.32 Å². The van der Waals surface area contributed by atoms with Crippen LogP contribution in [0.4, 0.5) is 5.69 Å². The molecule has 1 amide bonds. The van der Waals surface area contributed by atoms with Crippen molar-refractivity contribution >= 4 is 58.2 Å². The Hall–Kier alpha value is -0.910. The van der Waals surface area contributed by atoms with E-state index in [1.807, 2.05) is 6.07 Å². The van der Waals surface area contributed by atoms with Gasteiger partial charge in [0.2, 0.25) is 0 Å². The number of hydrogen-bond donors (Lipinski definition) is 2. The van der Waals surface area contributed by atoms with Gasteiger partial charge in [0, 0.05) is 21.0 Å². The molecule has 7 heteroatoms. The van der Waals surface area contributed by atoms with Crippen molar-refractivity contribution in [2.24, 2.45) is 0 Å². The second kappa shape index (κ2) is 5.71. The lowest BCUT2D eigenvalue weighted by atomic mass is 10.1. The van der Waals surface area contributed by atoms with Gasteiger partial charge in [-0.1, -0.05) is 46.6 Å². The summed E-state index contributed by atoms with van der Waals surface area (Å²) in [6.45, 7) is 0. The van der Waals surface area contributed by atoms with Gasteiger partial charge in [0.15, 0.2) is 6.10 Å². The van der Waals surface area contributed by atoms with Gasteiger partial charge in [-0.3, -0.25) is 4.79 Å². The third-order valence-corrected chi connectivity index (χ3v) is 5.23. The highest BCUT2D eigenvalue weighted by molar-refractivity contribution is 7.99. The highest BCUT2D eigenvalue weighted by Gasteiger charge is 2.29. The Balaban J connectivity index is 1.95. The molecule has 1 aliphatic heterocycles. The van der Waals surface area contributed by atoms with Crippen LogP contribution in [0.25, 0.3) is 0 Å². The number of rotatable bonds is 2. The van der Waals surface area contributed by atoms with Crippen LogP contribution in [0.2, 0.25) is 15.1 Å². The molecule has 2 aromatic carbocycles. The summed E-state index contributed by atoms with van der Waals surface area (Å²) >= 11 is 19.5. The van der Waals surface area contributed by atoms with Crippen LogP contribution in [0.15, 0.2) is 40.1 Å². The fourth-order valence-electron chi connectivity index (χ4n) is 1.99. The van der Waals surface area contributed by atoms with E-state index in [-0.39, 0.29) is 0 Å². The van der Waals surface area contributed by atoms with E-state index in [1.54, 1.807) is 24.3 Å². The van der Waals surface area contributed by atoms with Crippen molar-refractivity contribution < 1.29 is 9.90 Å². The maximum atomic E-state index is 11.5. The lowest BCUT2D eigenvalue weighted by Gasteiger charge is -2.08. The highest BCUT2D eigenvalue weighted by Crippen LogP contribution is 2.42. The van der Waals surface area contributed by atoms with Crippen molar-refractivity contribution in [2.75, 3.05) is 5.32 Å². The molecule has 1 aliphatic rings. The molecule has 3 rings (SSSR count). The quantitative estimate of drug-likeness (QED) is 0.810. The molecule has 0 saturated heterocycles. The average molecular weight is 361 g/mol. The summed E-state index contributed by atoms with van der Waals surface area (Å²) in [5.41, 5.74) is 1.06. The van der Waals surface area contributed by atoms with E-state index in [0.717, 1.165) is 9.79 Å². The summed E-state index contributed by atoms with van der Waals surface area (Å²) in [5, 5.41) is 13.7. The predicted octanol–water partition coefficient (Wildman–Crippen LogP) is 4.78. The number of benzene rings is 2. The van der Waals surface area contributed by atoms with E-state index in [4.69, 9.17) is 34.8 Å². The molecule has 2 aromatic rings. The van der Waals surface area contributed by atoms with Gasteiger partial charge in [-0.2, -0.15) is 0 Å². The largest absolute Gasteiger partial charge is 0.378 e. The number of aliphatic hydroxyl groups is 1. The van der Waals surface area contributed by atoms with E-state index < -0.39 is 12.0 Å². The molecule has 0 bridgehead atoms. The fourth-order valence-corrected chi connectivity index (χ4v) is 3.54. The number of amides is 1. The van der Waals surface area contributed by atoms with E-state index >= 15 is 0 Å². The van der Waals surface area contributed by atoms with Crippen LogP contribution in [0.5, 0.6) is 0 Å². The van der Waals surface area contributed by atoms with Crippen molar-refractivity contribution in [3.05, 3.63) is 51.0 Å². The Morgan fingerprint density at radius 3 is 2.52 bits per heavy atom. The number of nitrogens with one attached hydrogen (secondary N) is 1. The van der Waals surface area contributed by atoms with Crippen molar-refractivity contribution in [3.8, 4) is 0 Å². The Morgan fingerprint density at radius 1 is 1.05 bits per heavy atom. The summed E-state index contributed by atoms with van der Waals surface area (Å²) in [6.07, 6.45) is -1.17. The molecule has 21 heavy (non-hydrogen) atoms. The second-order valence-corrected chi connectivity index (χ2v) is 6.78. The first-order chi connectivity index (χ1) is 9.95. The molecule has 0 aromatic heterocycles. The average Bonchev–Trinajstić information content (AvgIpc) is 2.70. The Labute approximate surface area is 140 Å². The molecule has 0 fully saturated rings. The van der Waals surface area contributed by atoms with E-state index in [1.165, 1.54) is 11.8 Å². The maximum Gasteiger partial charge on any atom is 0.257 e. The molecule has 0 aliphatic carbocycles. The smallest absolute Gasteiger partial charge is 0.257 e. The first-order valence-corrected chi connectivity index (χ1v) is 7.86. The zero-order valence-electron chi connectivity index (χ0n) is 10.4. The number of anilines is 1. The lowest BCUT2D eigenvalue weighted by Crippen LogP contribution is -2.10. The number of carbonyl (C=O) groups excluding carboxylic acids is 1. The molecule has 1 atom stereocenters. The first kappa shape index (κ1) is 15.0. The molecule has 3 nitrogen and oxygen atoms in total. The molecule has 0 spiro atoms. The Morgan fingerprint density at radius 2 is 1.81 bits per heavy atom. The van der Waals surface area contributed by atoms with Crippen molar-refractivity contribution in [2.45, 2.75) is 15.9 Å². The Bertz CT molecular complexity index is 751. The van der Waals surface area contributed by atoms with Crippen LogP contribution >= 0.6 is 46.6 Å². The molecule has 0 radical (unpaired) electrons. The number of fused-ring (bicyclic) bond motifs is 1. The van der Waals surface area contributed by atoms with Crippen LogP contribution in [-0.4, -0.2) is 11.0 Å². The summed E-state index contributed by atoms with van der Waals surface area (Å²) in [4.78, 5) is 13.1. The maximum absolute atomic E-state index is 11.5. The normalized spacial score (nSPS) is 16.8. The molecule has 108 valence electrons. The van der Waals surface area contributed by atoms with Gasteiger partial charge in [-0.25, -0.2) is 0 Å². The van der Waals surface area contributed by atoms with Gasteiger partial charge < -0.3 is 10.4 Å². The number of carbonyl (C=O) groups is 1. The molecule has 0 saturated carbocycles. The van der Waals surface area contributed by atoms with E-state index in [0.29, 0.717) is 26.3 Å². The molecule has 1 unspecified atom stereocenters. The van der Waals surface area contributed by atoms with Gasteiger partial charge in [-0.15, -0.1) is 0 Å². The number of hydrogen-bond acceptors (Lipinski definition) is 3. The predicted molar refractivity (Wildman–Crippen MR) is 85.6 cm³/mol. The third kappa shape index (κ3) is 2.87. The van der Waals surface area contributed by atoms with Gasteiger partial charge in [0.05, 0.1) is 15.1 Å². The van der Waals surface area contributed by atoms with Crippen molar-refractivity contribution in [1.29, 1.82) is 0 Å². The Kier molecular flexibility index (Phi) is 4.08. The first-order valence-electron chi connectivity index (χ1n) is 5.91. The molecular weight excluding hydrogens is 353 g/mol. The van der Waals surface area contributed by atoms with Crippen LogP contribution < -0.4 is 5.32 Å². The fraction of sp³-hybridized carbons (Fsp3) is 0.0714.